The maximum Gasteiger partial charge on any atom is 0.175 e. The van der Waals surface area contributed by atoms with Crippen molar-refractivity contribution in [3.05, 3.63) is 41.2 Å². The van der Waals surface area contributed by atoms with Crippen molar-refractivity contribution in [2.45, 2.75) is 20.4 Å². The van der Waals surface area contributed by atoms with E-state index in [1.54, 1.807) is 6.20 Å². The number of hydrogen-bond donors (Lipinski definition) is 2. The molecule has 0 aliphatic heterocycles. The quantitative estimate of drug-likeness (QED) is 0.848. The van der Waals surface area contributed by atoms with Crippen LogP contribution in [-0.2, 0) is 6.54 Å². The van der Waals surface area contributed by atoms with Crippen molar-refractivity contribution in [1.82, 2.24) is 9.78 Å². The number of nitrogens with zero attached hydrogens (tertiary/aromatic N) is 2. The lowest BCUT2D eigenvalue weighted by Gasteiger charge is -2.11. The molecule has 6 heteroatoms. The van der Waals surface area contributed by atoms with Crippen LogP contribution in [0.2, 0.25) is 5.02 Å². The van der Waals surface area contributed by atoms with Crippen molar-refractivity contribution in [3.8, 4) is 0 Å². The number of anilines is 2. The van der Waals surface area contributed by atoms with E-state index in [0.29, 0.717) is 10.1 Å². The molecule has 19 heavy (non-hydrogen) atoms. The number of benzene rings is 1. The predicted octanol–water partition coefficient (Wildman–Crippen LogP) is 3.67. The maximum absolute atomic E-state index is 6.06. The Hall–Kier alpha value is -1.59. The largest absolute Gasteiger partial charge is 0.331 e. The van der Waals surface area contributed by atoms with Crippen LogP contribution < -0.4 is 10.6 Å². The van der Waals surface area contributed by atoms with Crippen molar-refractivity contribution < 1.29 is 0 Å². The molecule has 100 valence electrons. The van der Waals surface area contributed by atoms with Crippen molar-refractivity contribution in [3.63, 3.8) is 0 Å². The maximum atomic E-state index is 6.06. The molecule has 2 N–H and O–H groups in total. The first-order valence-electron chi connectivity index (χ1n) is 5.96. The molecular weight excluding hydrogens is 280 g/mol. The Kier molecular flexibility index (Phi) is 4.39. The van der Waals surface area contributed by atoms with Crippen molar-refractivity contribution in [2.24, 2.45) is 0 Å². The third-order valence-electron chi connectivity index (χ3n) is 2.77. The Balaban J connectivity index is 2.06. The van der Waals surface area contributed by atoms with Crippen LogP contribution in [0.25, 0.3) is 0 Å². The Labute approximate surface area is 122 Å². The number of hydrogen-bond acceptors (Lipinski definition) is 2. The second-order valence-electron chi connectivity index (χ2n) is 4.02. The molecule has 0 amide bonds. The summed E-state index contributed by atoms with van der Waals surface area (Å²) in [7, 11) is 0. The smallest absolute Gasteiger partial charge is 0.175 e. The van der Waals surface area contributed by atoms with Gasteiger partial charge in [0.1, 0.15) is 0 Å². The van der Waals surface area contributed by atoms with E-state index in [1.165, 1.54) is 0 Å². The van der Waals surface area contributed by atoms with E-state index in [0.717, 1.165) is 23.6 Å². The van der Waals surface area contributed by atoms with Crippen LogP contribution in [0.4, 0.5) is 11.4 Å². The van der Waals surface area contributed by atoms with Crippen molar-refractivity contribution in [2.75, 3.05) is 10.6 Å². The lowest BCUT2D eigenvalue weighted by atomic mass is 10.3. The molecular formula is C13H15ClN4S. The number of halogens is 1. The number of rotatable bonds is 3. The van der Waals surface area contributed by atoms with Gasteiger partial charge in [-0.25, -0.2) is 0 Å². The minimum Gasteiger partial charge on any atom is -0.331 e. The van der Waals surface area contributed by atoms with Crippen molar-refractivity contribution in [1.29, 1.82) is 0 Å². The first-order valence-corrected chi connectivity index (χ1v) is 6.75. The zero-order chi connectivity index (χ0) is 13.8. The first kappa shape index (κ1) is 13.8. The molecule has 4 nitrogen and oxygen atoms in total. The van der Waals surface area contributed by atoms with Crippen LogP contribution in [0, 0.1) is 6.92 Å². The van der Waals surface area contributed by atoms with Crippen LogP contribution in [0.15, 0.2) is 30.5 Å². The summed E-state index contributed by atoms with van der Waals surface area (Å²) in [5.74, 6) is 0. The second kappa shape index (κ2) is 6.04. The van der Waals surface area contributed by atoms with E-state index in [4.69, 9.17) is 23.8 Å². The minimum atomic E-state index is 0.492. The third kappa shape index (κ3) is 3.24. The van der Waals surface area contributed by atoms with E-state index in [9.17, 15) is 0 Å². The Morgan fingerprint density at radius 1 is 1.32 bits per heavy atom. The Morgan fingerprint density at radius 3 is 2.63 bits per heavy atom. The van der Waals surface area contributed by atoms with Gasteiger partial charge in [-0.05, 0) is 38.2 Å². The summed E-state index contributed by atoms with van der Waals surface area (Å²) in [6.45, 7) is 4.87. The molecule has 1 aromatic heterocycles. The topological polar surface area (TPSA) is 41.9 Å². The van der Waals surface area contributed by atoms with Gasteiger partial charge in [-0.2, -0.15) is 5.10 Å². The summed E-state index contributed by atoms with van der Waals surface area (Å²) in [4.78, 5) is 0. The van der Waals surface area contributed by atoms with Gasteiger partial charge in [-0.1, -0.05) is 23.7 Å². The molecule has 2 aromatic rings. The highest BCUT2D eigenvalue weighted by atomic mass is 35.5. The van der Waals surface area contributed by atoms with E-state index in [2.05, 4.69) is 15.7 Å². The van der Waals surface area contributed by atoms with Crippen molar-refractivity contribution >= 4 is 40.3 Å². The molecule has 0 aliphatic carbocycles. The van der Waals surface area contributed by atoms with Gasteiger partial charge < -0.3 is 10.6 Å². The molecule has 0 bridgehead atoms. The summed E-state index contributed by atoms with van der Waals surface area (Å²) in [5.41, 5.74) is 2.72. The molecule has 0 aliphatic rings. The van der Waals surface area contributed by atoms with Gasteiger partial charge in [0.05, 0.1) is 28.3 Å². The van der Waals surface area contributed by atoms with Crippen LogP contribution in [-0.4, -0.2) is 14.9 Å². The fraction of sp³-hybridized carbons (Fsp3) is 0.231. The highest BCUT2D eigenvalue weighted by Crippen LogP contribution is 2.21. The zero-order valence-corrected chi connectivity index (χ0v) is 12.3. The van der Waals surface area contributed by atoms with Crippen LogP contribution in [0.3, 0.4) is 0 Å². The molecule has 0 saturated carbocycles. The van der Waals surface area contributed by atoms with Crippen LogP contribution in [0.5, 0.6) is 0 Å². The minimum absolute atomic E-state index is 0.492. The van der Waals surface area contributed by atoms with E-state index in [-0.39, 0.29) is 0 Å². The zero-order valence-electron chi connectivity index (χ0n) is 10.8. The summed E-state index contributed by atoms with van der Waals surface area (Å²) < 4.78 is 1.90. The second-order valence-corrected chi connectivity index (χ2v) is 4.83. The fourth-order valence-corrected chi connectivity index (χ4v) is 2.13. The summed E-state index contributed by atoms with van der Waals surface area (Å²) in [6.07, 6.45) is 1.76. The average molecular weight is 295 g/mol. The number of nitrogens with one attached hydrogen (secondary N) is 2. The number of aromatic nitrogens is 2. The molecule has 0 saturated heterocycles. The number of thiocarbonyl (C=S) groups is 1. The summed E-state index contributed by atoms with van der Waals surface area (Å²) in [5, 5.41) is 11.6. The van der Waals surface area contributed by atoms with Gasteiger partial charge in [0.2, 0.25) is 0 Å². The molecule has 1 heterocycles. The Morgan fingerprint density at radius 2 is 2.00 bits per heavy atom. The highest BCUT2D eigenvalue weighted by Gasteiger charge is 2.07. The lowest BCUT2D eigenvalue weighted by molar-refractivity contribution is 0.640. The SMILES string of the molecule is CCn1ncc(NC(=S)Nc2ccccc2Cl)c1C. The van der Waals surface area contributed by atoms with E-state index < -0.39 is 0 Å². The molecule has 0 radical (unpaired) electrons. The van der Waals surface area contributed by atoms with E-state index >= 15 is 0 Å². The van der Waals surface area contributed by atoms with Gasteiger partial charge in [0.25, 0.3) is 0 Å². The average Bonchev–Trinajstić information content (AvgIpc) is 2.73. The van der Waals surface area contributed by atoms with Crippen LogP contribution >= 0.6 is 23.8 Å². The van der Waals surface area contributed by atoms with Gasteiger partial charge in [0.15, 0.2) is 5.11 Å². The standard InChI is InChI=1S/C13H15ClN4S/c1-3-18-9(2)12(8-15-18)17-13(19)16-11-7-5-4-6-10(11)14/h4-8H,3H2,1-2H3,(H2,16,17,19). The fourth-order valence-electron chi connectivity index (χ4n) is 1.73. The molecule has 1 aromatic carbocycles. The highest BCUT2D eigenvalue weighted by molar-refractivity contribution is 7.80. The normalized spacial score (nSPS) is 10.3. The first-order chi connectivity index (χ1) is 9.11. The third-order valence-corrected chi connectivity index (χ3v) is 3.31. The predicted molar refractivity (Wildman–Crippen MR) is 83.9 cm³/mol. The summed E-state index contributed by atoms with van der Waals surface area (Å²) >= 11 is 11.3. The summed E-state index contributed by atoms with van der Waals surface area (Å²) in [6, 6.07) is 7.46. The number of para-hydroxylation sites is 1. The molecule has 2 rings (SSSR count). The Bertz CT molecular complexity index is 594. The number of aryl methyl sites for hydroxylation is 1. The van der Waals surface area contributed by atoms with E-state index in [1.807, 2.05) is 42.8 Å². The van der Waals surface area contributed by atoms with Gasteiger partial charge >= 0.3 is 0 Å². The molecule has 0 unspecified atom stereocenters. The van der Waals surface area contributed by atoms with Gasteiger partial charge in [-0.3, -0.25) is 4.68 Å². The van der Waals surface area contributed by atoms with Crippen LogP contribution in [0.1, 0.15) is 12.6 Å². The molecule has 0 spiro atoms. The lowest BCUT2D eigenvalue weighted by Crippen LogP contribution is -2.19. The van der Waals surface area contributed by atoms with Gasteiger partial charge in [0, 0.05) is 6.54 Å². The monoisotopic (exact) mass is 294 g/mol. The molecule has 0 atom stereocenters. The van der Waals surface area contributed by atoms with Gasteiger partial charge in [-0.15, -0.1) is 0 Å². The molecule has 0 fully saturated rings.